The SMILES string of the molecule is C[C@H](O)CNCc1nn(Cc2ccccc2F)nc1-c1ccccc1. The van der Waals surface area contributed by atoms with Crippen molar-refractivity contribution in [3.8, 4) is 11.3 Å². The third kappa shape index (κ3) is 4.49. The Hall–Kier alpha value is -2.57. The maximum absolute atomic E-state index is 13.9. The van der Waals surface area contributed by atoms with Crippen molar-refractivity contribution in [1.82, 2.24) is 20.3 Å². The molecule has 25 heavy (non-hydrogen) atoms. The molecule has 2 N–H and O–H groups in total. The summed E-state index contributed by atoms with van der Waals surface area (Å²) in [6.07, 6.45) is -0.436. The largest absolute Gasteiger partial charge is 0.392 e. The lowest BCUT2D eigenvalue weighted by atomic mass is 10.1. The molecule has 0 saturated heterocycles. The summed E-state index contributed by atoms with van der Waals surface area (Å²) in [5, 5.41) is 21.6. The maximum Gasteiger partial charge on any atom is 0.128 e. The number of hydrogen-bond donors (Lipinski definition) is 2. The van der Waals surface area contributed by atoms with Gasteiger partial charge in [-0.1, -0.05) is 48.5 Å². The van der Waals surface area contributed by atoms with Gasteiger partial charge in [-0.3, -0.25) is 0 Å². The molecule has 0 bridgehead atoms. The highest BCUT2D eigenvalue weighted by Crippen LogP contribution is 2.20. The second-order valence-electron chi connectivity index (χ2n) is 5.96. The van der Waals surface area contributed by atoms with Crippen molar-refractivity contribution in [2.75, 3.05) is 6.54 Å². The average Bonchev–Trinajstić information content (AvgIpc) is 3.00. The molecule has 130 valence electrons. The van der Waals surface area contributed by atoms with E-state index in [0.717, 1.165) is 17.0 Å². The summed E-state index contributed by atoms with van der Waals surface area (Å²) < 4.78 is 13.9. The third-order valence-electron chi connectivity index (χ3n) is 3.77. The van der Waals surface area contributed by atoms with Crippen LogP contribution >= 0.6 is 0 Å². The molecule has 0 aliphatic heterocycles. The van der Waals surface area contributed by atoms with E-state index in [9.17, 15) is 9.50 Å². The van der Waals surface area contributed by atoms with Gasteiger partial charge in [0.05, 0.1) is 12.6 Å². The van der Waals surface area contributed by atoms with E-state index in [-0.39, 0.29) is 12.4 Å². The number of aliphatic hydroxyl groups is 1. The van der Waals surface area contributed by atoms with Crippen LogP contribution in [0.25, 0.3) is 11.3 Å². The van der Waals surface area contributed by atoms with Crippen LogP contribution in [0.1, 0.15) is 18.2 Å². The molecule has 3 aromatic rings. The zero-order valence-electron chi connectivity index (χ0n) is 14.1. The molecule has 0 aliphatic carbocycles. The van der Waals surface area contributed by atoms with E-state index in [1.165, 1.54) is 10.9 Å². The van der Waals surface area contributed by atoms with E-state index in [1.807, 2.05) is 30.3 Å². The van der Waals surface area contributed by atoms with Crippen LogP contribution in [0.4, 0.5) is 4.39 Å². The molecule has 0 amide bonds. The number of nitrogens with zero attached hydrogens (tertiary/aromatic N) is 3. The molecule has 6 heteroatoms. The summed E-state index contributed by atoms with van der Waals surface area (Å²) in [5.41, 5.74) is 3.02. The van der Waals surface area contributed by atoms with E-state index >= 15 is 0 Å². The summed E-state index contributed by atoms with van der Waals surface area (Å²) in [4.78, 5) is 1.51. The number of benzene rings is 2. The molecule has 0 unspecified atom stereocenters. The lowest BCUT2D eigenvalue weighted by Crippen LogP contribution is -2.24. The van der Waals surface area contributed by atoms with Crippen LogP contribution in [0.2, 0.25) is 0 Å². The molecular weight excluding hydrogens is 319 g/mol. The minimum Gasteiger partial charge on any atom is -0.392 e. The van der Waals surface area contributed by atoms with Crippen LogP contribution in [0.15, 0.2) is 54.6 Å². The predicted molar refractivity (Wildman–Crippen MR) is 94.3 cm³/mol. The zero-order chi connectivity index (χ0) is 17.6. The number of aromatic nitrogens is 3. The predicted octanol–water partition coefficient (Wildman–Crippen LogP) is 2.60. The highest BCUT2D eigenvalue weighted by Gasteiger charge is 2.14. The average molecular weight is 340 g/mol. The van der Waals surface area contributed by atoms with Crippen LogP contribution in [-0.2, 0) is 13.1 Å². The highest BCUT2D eigenvalue weighted by atomic mass is 19.1. The van der Waals surface area contributed by atoms with Crippen LogP contribution in [0.5, 0.6) is 0 Å². The van der Waals surface area contributed by atoms with Crippen molar-refractivity contribution in [3.05, 3.63) is 71.7 Å². The first-order chi connectivity index (χ1) is 12.1. The van der Waals surface area contributed by atoms with Crippen LogP contribution in [0, 0.1) is 5.82 Å². The van der Waals surface area contributed by atoms with Gasteiger partial charge in [-0.25, -0.2) is 4.39 Å². The van der Waals surface area contributed by atoms with Crippen molar-refractivity contribution in [2.45, 2.75) is 26.1 Å². The Morgan fingerprint density at radius 2 is 1.80 bits per heavy atom. The van der Waals surface area contributed by atoms with Crippen molar-refractivity contribution < 1.29 is 9.50 Å². The topological polar surface area (TPSA) is 63.0 Å². The molecule has 0 spiro atoms. The molecule has 3 rings (SSSR count). The Balaban J connectivity index is 1.87. The molecule has 2 aromatic carbocycles. The number of nitrogens with one attached hydrogen (secondary N) is 1. The monoisotopic (exact) mass is 340 g/mol. The van der Waals surface area contributed by atoms with Crippen LogP contribution < -0.4 is 5.32 Å². The summed E-state index contributed by atoms with van der Waals surface area (Å²) in [7, 11) is 0. The van der Waals surface area contributed by atoms with Crippen molar-refractivity contribution in [3.63, 3.8) is 0 Å². The Morgan fingerprint density at radius 3 is 2.52 bits per heavy atom. The molecule has 0 radical (unpaired) electrons. The number of aliphatic hydroxyl groups excluding tert-OH is 1. The van der Waals surface area contributed by atoms with Gasteiger partial charge in [-0.05, 0) is 13.0 Å². The minimum atomic E-state index is -0.436. The van der Waals surface area contributed by atoms with Crippen molar-refractivity contribution >= 4 is 0 Å². The second-order valence-corrected chi connectivity index (χ2v) is 5.96. The lowest BCUT2D eigenvalue weighted by molar-refractivity contribution is 0.191. The van der Waals surface area contributed by atoms with E-state index in [0.29, 0.717) is 18.7 Å². The quantitative estimate of drug-likeness (QED) is 0.694. The highest BCUT2D eigenvalue weighted by molar-refractivity contribution is 5.60. The van der Waals surface area contributed by atoms with Gasteiger partial charge in [-0.15, -0.1) is 0 Å². The summed E-state index contributed by atoms with van der Waals surface area (Å²) >= 11 is 0. The van der Waals surface area contributed by atoms with Gasteiger partial charge in [0.2, 0.25) is 0 Å². The van der Waals surface area contributed by atoms with Gasteiger partial charge in [0, 0.05) is 24.2 Å². The second kappa shape index (κ2) is 8.00. The first kappa shape index (κ1) is 17.3. The smallest absolute Gasteiger partial charge is 0.128 e. The number of hydrogen-bond acceptors (Lipinski definition) is 4. The third-order valence-corrected chi connectivity index (χ3v) is 3.77. The van der Waals surface area contributed by atoms with Gasteiger partial charge in [0.1, 0.15) is 17.2 Å². The van der Waals surface area contributed by atoms with Gasteiger partial charge in [0.15, 0.2) is 0 Å². The Kier molecular flexibility index (Phi) is 5.53. The lowest BCUT2D eigenvalue weighted by Gasteiger charge is -2.05. The Morgan fingerprint density at radius 1 is 1.08 bits per heavy atom. The van der Waals surface area contributed by atoms with Crippen LogP contribution in [0.3, 0.4) is 0 Å². The summed E-state index contributed by atoms with van der Waals surface area (Å²) in [5.74, 6) is -0.269. The van der Waals surface area contributed by atoms with Crippen molar-refractivity contribution in [2.24, 2.45) is 0 Å². The number of halogens is 1. The standard InChI is InChI=1S/C19H21FN4O/c1-14(25)11-21-12-18-19(15-7-3-2-4-8-15)23-24(22-18)13-16-9-5-6-10-17(16)20/h2-10,14,21,25H,11-13H2,1H3/t14-/m0/s1. The summed E-state index contributed by atoms with van der Waals surface area (Å²) in [6, 6.07) is 16.4. The van der Waals surface area contributed by atoms with E-state index in [1.54, 1.807) is 25.1 Å². The first-order valence-corrected chi connectivity index (χ1v) is 8.25. The molecule has 0 fully saturated rings. The Bertz CT molecular complexity index is 817. The van der Waals surface area contributed by atoms with E-state index in [2.05, 4.69) is 15.5 Å². The number of rotatable bonds is 7. The molecule has 0 saturated carbocycles. The molecule has 0 aliphatic rings. The van der Waals surface area contributed by atoms with Crippen LogP contribution in [-0.4, -0.2) is 32.7 Å². The van der Waals surface area contributed by atoms with Gasteiger partial charge >= 0.3 is 0 Å². The van der Waals surface area contributed by atoms with E-state index < -0.39 is 6.10 Å². The minimum absolute atomic E-state index is 0.267. The maximum atomic E-state index is 13.9. The molecule has 1 atom stereocenters. The summed E-state index contributed by atoms with van der Waals surface area (Å²) in [6.45, 7) is 2.93. The molecule has 5 nitrogen and oxygen atoms in total. The fourth-order valence-corrected chi connectivity index (χ4v) is 2.57. The fourth-order valence-electron chi connectivity index (χ4n) is 2.57. The zero-order valence-corrected chi connectivity index (χ0v) is 14.1. The van der Waals surface area contributed by atoms with Gasteiger partial charge in [-0.2, -0.15) is 15.0 Å². The van der Waals surface area contributed by atoms with E-state index in [4.69, 9.17) is 0 Å². The molecule has 1 aromatic heterocycles. The van der Waals surface area contributed by atoms with Gasteiger partial charge in [0.25, 0.3) is 0 Å². The first-order valence-electron chi connectivity index (χ1n) is 8.25. The fraction of sp³-hybridized carbons (Fsp3) is 0.263. The molecule has 1 heterocycles. The normalized spacial score (nSPS) is 12.3. The van der Waals surface area contributed by atoms with Gasteiger partial charge < -0.3 is 10.4 Å². The Labute approximate surface area is 146 Å². The van der Waals surface area contributed by atoms with Crippen molar-refractivity contribution in [1.29, 1.82) is 0 Å². The molecular formula is C19H21FN4O.